The van der Waals surface area contributed by atoms with Crippen molar-refractivity contribution in [3.05, 3.63) is 54.3 Å². The van der Waals surface area contributed by atoms with Crippen LogP contribution in [0.25, 0.3) is 16.6 Å². The molecule has 0 saturated heterocycles. The SMILES string of the molecule is OB1C=C(C2CC(NSc3ccc(OC(F)(F)F)cc3)C2)c2c(cnc3[nH]ccc23)O1. The van der Waals surface area contributed by atoms with Crippen LogP contribution in [0.1, 0.15) is 18.4 Å². The topological polar surface area (TPSA) is 79.4 Å². The van der Waals surface area contributed by atoms with Gasteiger partial charge in [0.15, 0.2) is 0 Å². The van der Waals surface area contributed by atoms with Crippen molar-refractivity contribution in [2.45, 2.75) is 30.1 Å². The van der Waals surface area contributed by atoms with Gasteiger partial charge >= 0.3 is 13.5 Å². The maximum Gasteiger partial charge on any atom is 0.573 e. The van der Waals surface area contributed by atoms with Gasteiger partial charge in [-0.1, -0.05) is 0 Å². The van der Waals surface area contributed by atoms with Crippen molar-refractivity contribution < 1.29 is 27.6 Å². The summed E-state index contributed by atoms with van der Waals surface area (Å²) in [6.07, 6.45) is 0.498. The van der Waals surface area contributed by atoms with Gasteiger partial charge in [-0.25, -0.2) is 4.98 Å². The van der Waals surface area contributed by atoms with Crippen molar-refractivity contribution in [3.8, 4) is 11.5 Å². The maximum atomic E-state index is 12.3. The van der Waals surface area contributed by atoms with Crippen molar-refractivity contribution in [2.75, 3.05) is 0 Å². The number of aromatic nitrogens is 2. The third-order valence-corrected chi connectivity index (χ3v) is 6.35. The standard InChI is InChI=1S/C20H17BF3N3O3S/c22-20(23,24)29-13-1-3-14(4-2-13)31-27-12-7-11(8-12)16-9-21(28)30-17-10-26-19-15(18(16)17)5-6-25-19/h1-6,9-12,27-28H,7-8H2,(H,25,26). The molecule has 0 atom stereocenters. The second kappa shape index (κ2) is 7.81. The molecule has 31 heavy (non-hydrogen) atoms. The summed E-state index contributed by atoms with van der Waals surface area (Å²) in [5, 5.41) is 11.1. The molecule has 5 rings (SSSR count). The monoisotopic (exact) mass is 447 g/mol. The van der Waals surface area contributed by atoms with Crippen molar-refractivity contribution >= 4 is 35.7 Å². The molecule has 6 nitrogen and oxygen atoms in total. The van der Waals surface area contributed by atoms with E-state index in [0.717, 1.165) is 39.9 Å². The van der Waals surface area contributed by atoms with Crippen LogP contribution in [0.3, 0.4) is 0 Å². The Hall–Kier alpha value is -2.63. The molecule has 160 valence electrons. The maximum absolute atomic E-state index is 12.3. The van der Waals surface area contributed by atoms with Crippen LogP contribution in [-0.2, 0) is 0 Å². The van der Waals surface area contributed by atoms with E-state index in [0.29, 0.717) is 5.75 Å². The highest BCUT2D eigenvalue weighted by Gasteiger charge is 2.37. The number of hydrogen-bond donors (Lipinski definition) is 3. The zero-order valence-electron chi connectivity index (χ0n) is 16.0. The molecule has 1 saturated carbocycles. The van der Waals surface area contributed by atoms with Crippen LogP contribution in [0, 0.1) is 5.92 Å². The first kappa shape index (κ1) is 20.3. The Balaban J connectivity index is 1.21. The van der Waals surface area contributed by atoms with E-state index in [1.54, 1.807) is 24.3 Å². The van der Waals surface area contributed by atoms with E-state index in [2.05, 4.69) is 19.4 Å². The molecule has 3 N–H and O–H groups in total. The average Bonchev–Trinajstić information content (AvgIpc) is 3.15. The molecular weight excluding hydrogens is 430 g/mol. The number of aromatic amines is 1. The Morgan fingerprint density at radius 2 is 2.00 bits per heavy atom. The molecule has 0 radical (unpaired) electrons. The normalized spacial score (nSPS) is 20.6. The summed E-state index contributed by atoms with van der Waals surface area (Å²) in [4.78, 5) is 8.22. The molecule has 1 fully saturated rings. The summed E-state index contributed by atoms with van der Waals surface area (Å²) in [5.41, 5.74) is 2.79. The lowest BCUT2D eigenvalue weighted by Gasteiger charge is -2.39. The van der Waals surface area contributed by atoms with Crippen LogP contribution < -0.4 is 14.1 Å². The zero-order chi connectivity index (χ0) is 21.6. The second-order valence-corrected chi connectivity index (χ2v) is 8.38. The van der Waals surface area contributed by atoms with E-state index in [4.69, 9.17) is 4.65 Å². The fourth-order valence-corrected chi connectivity index (χ4v) is 4.71. The largest absolute Gasteiger partial charge is 0.573 e. The van der Waals surface area contributed by atoms with Gasteiger partial charge in [-0.3, -0.25) is 4.72 Å². The third-order valence-electron chi connectivity index (χ3n) is 5.39. The van der Waals surface area contributed by atoms with Crippen molar-refractivity contribution in [1.82, 2.24) is 14.7 Å². The van der Waals surface area contributed by atoms with Crippen molar-refractivity contribution in [3.63, 3.8) is 0 Å². The summed E-state index contributed by atoms with van der Waals surface area (Å²) < 4.78 is 49.5. The number of ether oxygens (including phenoxy) is 1. The Labute approximate surface area is 180 Å². The molecule has 1 aliphatic heterocycles. The number of hydrogen-bond acceptors (Lipinski definition) is 6. The molecule has 1 aliphatic carbocycles. The van der Waals surface area contributed by atoms with Crippen LogP contribution in [0.5, 0.6) is 11.5 Å². The number of allylic oxidation sites excluding steroid dienone is 1. The van der Waals surface area contributed by atoms with Crippen LogP contribution >= 0.6 is 11.9 Å². The Morgan fingerprint density at radius 3 is 2.74 bits per heavy atom. The predicted molar refractivity (Wildman–Crippen MR) is 111 cm³/mol. The van der Waals surface area contributed by atoms with E-state index in [1.165, 1.54) is 24.1 Å². The van der Waals surface area contributed by atoms with Gasteiger partial charge in [-0.2, -0.15) is 0 Å². The highest BCUT2D eigenvalue weighted by molar-refractivity contribution is 7.97. The minimum absolute atomic E-state index is 0.241. The fourth-order valence-electron chi connectivity index (χ4n) is 3.95. The average molecular weight is 447 g/mol. The second-order valence-electron chi connectivity index (χ2n) is 7.47. The molecule has 2 aliphatic rings. The van der Waals surface area contributed by atoms with E-state index >= 15 is 0 Å². The number of rotatable bonds is 5. The molecule has 3 heterocycles. The quantitative estimate of drug-likeness (QED) is 0.399. The number of pyridine rings is 1. The molecule has 11 heteroatoms. The molecule has 1 aromatic carbocycles. The Bertz CT molecular complexity index is 1130. The molecular formula is C20H17BF3N3O3S. The highest BCUT2D eigenvalue weighted by atomic mass is 32.2. The summed E-state index contributed by atoms with van der Waals surface area (Å²) in [5.74, 6) is 2.35. The third kappa shape index (κ3) is 4.25. The van der Waals surface area contributed by atoms with E-state index in [9.17, 15) is 18.2 Å². The number of H-pyrrole nitrogens is 1. The first-order valence-electron chi connectivity index (χ1n) is 9.67. The lowest BCUT2D eigenvalue weighted by Crippen LogP contribution is -2.39. The molecule has 0 amide bonds. The van der Waals surface area contributed by atoms with Crippen LogP contribution in [-0.4, -0.2) is 34.5 Å². The first-order chi connectivity index (χ1) is 14.9. The molecule has 0 bridgehead atoms. The number of alkyl halides is 3. The van der Waals surface area contributed by atoms with Crippen molar-refractivity contribution in [1.29, 1.82) is 0 Å². The summed E-state index contributed by atoms with van der Waals surface area (Å²) >= 11 is 1.37. The summed E-state index contributed by atoms with van der Waals surface area (Å²) in [7, 11) is -1.00. The zero-order valence-corrected chi connectivity index (χ0v) is 16.8. The van der Waals surface area contributed by atoms with Crippen LogP contribution in [0.4, 0.5) is 13.2 Å². The molecule has 0 spiro atoms. The predicted octanol–water partition coefficient (Wildman–Crippen LogP) is 4.33. The highest BCUT2D eigenvalue weighted by Crippen LogP contribution is 2.46. The van der Waals surface area contributed by atoms with Gasteiger partial charge in [0.1, 0.15) is 17.1 Å². The van der Waals surface area contributed by atoms with Gasteiger partial charge in [-0.15, -0.1) is 13.2 Å². The van der Waals surface area contributed by atoms with Crippen molar-refractivity contribution in [2.24, 2.45) is 5.92 Å². The number of halogens is 3. The minimum atomic E-state index is -4.69. The lowest BCUT2D eigenvalue weighted by molar-refractivity contribution is -0.274. The Morgan fingerprint density at radius 1 is 1.23 bits per heavy atom. The number of nitrogens with zero attached hydrogens (tertiary/aromatic N) is 1. The smallest absolute Gasteiger partial charge is 0.531 e. The summed E-state index contributed by atoms with van der Waals surface area (Å²) in [6.45, 7) is 0. The number of benzene rings is 1. The van der Waals surface area contributed by atoms with Crippen LogP contribution in [0.2, 0.25) is 0 Å². The van der Waals surface area contributed by atoms with Gasteiger partial charge in [0.2, 0.25) is 0 Å². The molecule has 2 aromatic heterocycles. The van der Waals surface area contributed by atoms with E-state index in [1.807, 2.05) is 12.3 Å². The van der Waals surface area contributed by atoms with Crippen LogP contribution in [0.15, 0.2) is 53.6 Å². The number of fused-ring (bicyclic) bond motifs is 3. The van der Waals surface area contributed by atoms with E-state index in [-0.39, 0.29) is 17.7 Å². The molecule has 3 aromatic rings. The van der Waals surface area contributed by atoms with Gasteiger partial charge < -0.3 is 19.4 Å². The first-order valence-corrected chi connectivity index (χ1v) is 10.5. The van der Waals surface area contributed by atoms with Gasteiger partial charge in [-0.05, 0) is 72.6 Å². The Kier molecular flexibility index (Phi) is 5.11. The molecule has 0 unspecified atom stereocenters. The number of nitrogens with one attached hydrogen (secondary N) is 2. The lowest BCUT2D eigenvalue weighted by atomic mass is 9.68. The fraction of sp³-hybridized carbons (Fsp3) is 0.250. The van der Waals surface area contributed by atoms with Gasteiger partial charge in [0, 0.05) is 28.1 Å². The van der Waals surface area contributed by atoms with Gasteiger partial charge in [0.05, 0.1) is 6.20 Å². The minimum Gasteiger partial charge on any atom is -0.531 e. The summed E-state index contributed by atoms with van der Waals surface area (Å²) in [6, 6.07) is 7.95. The van der Waals surface area contributed by atoms with E-state index < -0.39 is 13.5 Å². The van der Waals surface area contributed by atoms with Gasteiger partial charge in [0.25, 0.3) is 0 Å².